The van der Waals surface area contributed by atoms with Gasteiger partial charge in [-0.15, -0.1) is 0 Å². The van der Waals surface area contributed by atoms with Crippen LogP contribution in [-0.4, -0.2) is 48.1 Å². The molecule has 1 aliphatic rings. The number of hydrogen-bond acceptors (Lipinski definition) is 7. The summed E-state index contributed by atoms with van der Waals surface area (Å²) in [5, 5.41) is 2.93. The number of ether oxygens (including phenoxy) is 4. The van der Waals surface area contributed by atoms with Gasteiger partial charge in [0.15, 0.2) is 11.5 Å². The van der Waals surface area contributed by atoms with E-state index in [0.717, 1.165) is 11.8 Å². The summed E-state index contributed by atoms with van der Waals surface area (Å²) in [7, 11) is -0.404. The van der Waals surface area contributed by atoms with Gasteiger partial charge in [-0.05, 0) is 43.7 Å². The smallest absolute Gasteiger partial charge is 0.232 e. The summed E-state index contributed by atoms with van der Waals surface area (Å²) >= 11 is 0. The van der Waals surface area contributed by atoms with Gasteiger partial charge < -0.3 is 24.3 Å². The molecule has 1 heterocycles. The molecule has 0 bridgehead atoms. The van der Waals surface area contributed by atoms with E-state index in [9.17, 15) is 13.2 Å². The standard InChI is InChI=1S/C22H28N2O7S/c1-15(18-13-17(28-2)8-10-19(18)29-3)23-22(25)6-5-11-24(32(4,26)27)16-7-9-20-21(12-16)31-14-30-20/h7-10,12-13,15H,5-6,11,14H2,1-4H3,(H,23,25)/t15-/m1/s1. The van der Waals surface area contributed by atoms with Crippen molar-refractivity contribution in [1.29, 1.82) is 0 Å². The third kappa shape index (κ3) is 5.56. The van der Waals surface area contributed by atoms with Crippen LogP contribution in [0.25, 0.3) is 0 Å². The second-order valence-corrected chi connectivity index (χ2v) is 9.28. The van der Waals surface area contributed by atoms with Crippen LogP contribution >= 0.6 is 0 Å². The maximum Gasteiger partial charge on any atom is 0.232 e. The SMILES string of the molecule is COc1ccc(OC)c([C@@H](C)NC(=O)CCCN(c2ccc3c(c2)OCO3)S(C)(=O)=O)c1. The number of nitrogens with zero attached hydrogens (tertiary/aromatic N) is 1. The minimum atomic E-state index is -3.54. The topological polar surface area (TPSA) is 103 Å². The molecule has 1 aliphatic heterocycles. The predicted octanol–water partition coefficient (Wildman–Crippen LogP) is 2.86. The number of nitrogens with one attached hydrogen (secondary N) is 1. The second kappa shape index (κ2) is 9.99. The fourth-order valence-corrected chi connectivity index (χ4v) is 4.44. The Balaban J connectivity index is 1.61. The molecule has 2 aromatic rings. The van der Waals surface area contributed by atoms with E-state index in [2.05, 4.69) is 5.32 Å². The summed E-state index contributed by atoms with van der Waals surface area (Å²) in [5.74, 6) is 2.18. The van der Waals surface area contributed by atoms with E-state index >= 15 is 0 Å². The van der Waals surface area contributed by atoms with Crippen LogP contribution in [0.15, 0.2) is 36.4 Å². The molecule has 0 unspecified atom stereocenters. The molecule has 9 nitrogen and oxygen atoms in total. The monoisotopic (exact) mass is 464 g/mol. The Hall–Kier alpha value is -3.14. The summed E-state index contributed by atoms with van der Waals surface area (Å²) in [6.45, 7) is 2.11. The molecule has 0 fully saturated rings. The van der Waals surface area contributed by atoms with E-state index in [-0.39, 0.29) is 31.7 Å². The van der Waals surface area contributed by atoms with Crippen molar-refractivity contribution in [1.82, 2.24) is 5.32 Å². The van der Waals surface area contributed by atoms with Gasteiger partial charge in [0, 0.05) is 24.6 Å². The van der Waals surface area contributed by atoms with Gasteiger partial charge in [0.1, 0.15) is 11.5 Å². The average Bonchev–Trinajstić information content (AvgIpc) is 3.23. The number of sulfonamides is 1. The molecular formula is C22H28N2O7S. The highest BCUT2D eigenvalue weighted by Gasteiger charge is 2.22. The average molecular weight is 465 g/mol. The molecule has 3 rings (SSSR count). The zero-order chi connectivity index (χ0) is 23.3. The normalized spacial score (nSPS) is 13.4. The van der Waals surface area contributed by atoms with Gasteiger partial charge in [-0.3, -0.25) is 9.10 Å². The number of benzene rings is 2. The molecule has 0 saturated carbocycles. The summed E-state index contributed by atoms with van der Waals surface area (Å²) in [4.78, 5) is 12.5. The third-order valence-corrected chi connectivity index (χ3v) is 6.28. The van der Waals surface area contributed by atoms with E-state index in [4.69, 9.17) is 18.9 Å². The molecule has 1 N–H and O–H groups in total. The van der Waals surface area contributed by atoms with Crippen LogP contribution in [-0.2, 0) is 14.8 Å². The summed E-state index contributed by atoms with van der Waals surface area (Å²) < 4.78 is 47.2. The Bertz CT molecular complexity index is 1070. The number of hydrogen-bond donors (Lipinski definition) is 1. The van der Waals surface area contributed by atoms with Gasteiger partial charge in [0.25, 0.3) is 0 Å². The van der Waals surface area contributed by atoms with E-state index in [1.54, 1.807) is 44.6 Å². The van der Waals surface area contributed by atoms with Crippen LogP contribution in [0.4, 0.5) is 5.69 Å². The molecule has 1 atom stereocenters. The molecule has 0 aliphatic carbocycles. The first-order chi connectivity index (χ1) is 15.2. The molecule has 174 valence electrons. The van der Waals surface area contributed by atoms with E-state index in [1.807, 2.05) is 13.0 Å². The highest BCUT2D eigenvalue weighted by atomic mass is 32.2. The van der Waals surface area contributed by atoms with Crippen molar-refractivity contribution in [3.05, 3.63) is 42.0 Å². The van der Waals surface area contributed by atoms with Gasteiger partial charge >= 0.3 is 0 Å². The largest absolute Gasteiger partial charge is 0.497 e. The number of anilines is 1. The molecule has 0 saturated heterocycles. The molecule has 0 spiro atoms. The molecule has 2 aromatic carbocycles. The minimum absolute atomic E-state index is 0.105. The zero-order valence-electron chi connectivity index (χ0n) is 18.6. The van der Waals surface area contributed by atoms with Crippen LogP contribution in [0.2, 0.25) is 0 Å². The number of fused-ring (bicyclic) bond motifs is 1. The first kappa shape index (κ1) is 23.5. The van der Waals surface area contributed by atoms with Crippen LogP contribution in [0.1, 0.15) is 31.4 Å². The first-order valence-corrected chi connectivity index (χ1v) is 12.0. The molecule has 0 radical (unpaired) electrons. The van der Waals surface area contributed by atoms with Crippen LogP contribution in [0.3, 0.4) is 0 Å². The highest BCUT2D eigenvalue weighted by molar-refractivity contribution is 7.92. The van der Waals surface area contributed by atoms with E-state index in [1.165, 1.54) is 4.31 Å². The maximum absolute atomic E-state index is 12.5. The maximum atomic E-state index is 12.5. The fraction of sp³-hybridized carbons (Fsp3) is 0.409. The van der Waals surface area contributed by atoms with Gasteiger partial charge in [-0.25, -0.2) is 8.42 Å². The van der Waals surface area contributed by atoms with E-state index in [0.29, 0.717) is 35.1 Å². The molecule has 10 heteroatoms. The zero-order valence-corrected chi connectivity index (χ0v) is 19.4. The van der Waals surface area contributed by atoms with Gasteiger partial charge in [-0.1, -0.05) is 0 Å². The lowest BCUT2D eigenvalue weighted by atomic mass is 10.1. The summed E-state index contributed by atoms with van der Waals surface area (Å²) in [6, 6.07) is 10.0. The van der Waals surface area contributed by atoms with Gasteiger partial charge in [0.05, 0.1) is 32.2 Å². The molecule has 32 heavy (non-hydrogen) atoms. The first-order valence-electron chi connectivity index (χ1n) is 10.1. The lowest BCUT2D eigenvalue weighted by Crippen LogP contribution is -2.32. The molecule has 1 amide bonds. The number of carbonyl (C=O) groups is 1. The lowest BCUT2D eigenvalue weighted by molar-refractivity contribution is -0.121. The Labute approximate surface area is 188 Å². The number of carbonyl (C=O) groups excluding carboxylic acids is 1. The van der Waals surface area contributed by atoms with Crippen molar-refractivity contribution < 1.29 is 32.2 Å². The fourth-order valence-electron chi connectivity index (χ4n) is 3.48. The Morgan fingerprint density at radius 1 is 1.12 bits per heavy atom. The number of rotatable bonds is 10. The van der Waals surface area contributed by atoms with Crippen molar-refractivity contribution in [2.24, 2.45) is 0 Å². The molecule has 0 aromatic heterocycles. The lowest BCUT2D eigenvalue weighted by Gasteiger charge is -2.23. The summed E-state index contributed by atoms with van der Waals surface area (Å²) in [6.07, 6.45) is 1.64. The van der Waals surface area contributed by atoms with Crippen molar-refractivity contribution in [2.45, 2.75) is 25.8 Å². The minimum Gasteiger partial charge on any atom is -0.497 e. The van der Waals surface area contributed by atoms with Crippen molar-refractivity contribution in [3.63, 3.8) is 0 Å². The van der Waals surface area contributed by atoms with Crippen molar-refractivity contribution >= 4 is 21.6 Å². The predicted molar refractivity (Wildman–Crippen MR) is 120 cm³/mol. The van der Waals surface area contributed by atoms with E-state index < -0.39 is 10.0 Å². The molecular weight excluding hydrogens is 436 g/mol. The quantitative estimate of drug-likeness (QED) is 0.577. The van der Waals surface area contributed by atoms with Crippen molar-refractivity contribution in [3.8, 4) is 23.0 Å². The van der Waals surface area contributed by atoms with Gasteiger partial charge in [-0.2, -0.15) is 0 Å². The summed E-state index contributed by atoms with van der Waals surface area (Å²) in [5.41, 5.74) is 1.25. The second-order valence-electron chi connectivity index (χ2n) is 7.37. The number of amides is 1. The van der Waals surface area contributed by atoms with Crippen molar-refractivity contribution in [2.75, 3.05) is 38.1 Å². The Kier molecular flexibility index (Phi) is 7.34. The number of methoxy groups -OCH3 is 2. The van der Waals surface area contributed by atoms with Gasteiger partial charge in [0.2, 0.25) is 22.7 Å². The van der Waals surface area contributed by atoms with Crippen LogP contribution in [0, 0.1) is 0 Å². The Morgan fingerprint density at radius 3 is 2.56 bits per heavy atom. The third-order valence-electron chi connectivity index (χ3n) is 5.09. The highest BCUT2D eigenvalue weighted by Crippen LogP contribution is 2.36. The Morgan fingerprint density at radius 2 is 1.88 bits per heavy atom. The van der Waals surface area contributed by atoms with Crippen LogP contribution in [0.5, 0.6) is 23.0 Å². The van der Waals surface area contributed by atoms with Crippen LogP contribution < -0.4 is 28.6 Å².